The molecule has 35 heavy (non-hydrogen) atoms. The predicted octanol–water partition coefficient (Wildman–Crippen LogP) is 5.71. The summed E-state index contributed by atoms with van der Waals surface area (Å²) in [5, 5.41) is 14.5. The van der Waals surface area contributed by atoms with E-state index in [1.807, 2.05) is 47.8 Å². The van der Waals surface area contributed by atoms with Gasteiger partial charge < -0.3 is 10.4 Å². The molecule has 0 spiro atoms. The third-order valence-electron chi connectivity index (χ3n) is 5.46. The van der Waals surface area contributed by atoms with E-state index < -0.39 is 23.5 Å². The molecule has 4 rings (SSSR count). The molecule has 1 aromatic heterocycles. The Kier molecular flexibility index (Phi) is 7.62. The van der Waals surface area contributed by atoms with Crippen molar-refractivity contribution in [2.75, 3.05) is 0 Å². The fraction of sp³-hybridized carbons (Fsp3) is 0.148. The minimum Gasteiger partial charge on any atom is -0.481 e. The molecule has 2 N–H and O–H groups in total. The first-order valence-corrected chi connectivity index (χ1v) is 11.8. The number of hydrogen-bond donors (Lipinski definition) is 2. The van der Waals surface area contributed by atoms with Crippen LogP contribution in [-0.2, 0) is 22.6 Å². The Hall–Kier alpha value is -3.91. The Morgan fingerprint density at radius 2 is 1.60 bits per heavy atom. The summed E-state index contributed by atoms with van der Waals surface area (Å²) in [6, 6.07) is 19.8. The van der Waals surface area contributed by atoms with Crippen molar-refractivity contribution in [1.82, 2.24) is 10.3 Å². The van der Waals surface area contributed by atoms with Gasteiger partial charge in [-0.25, -0.2) is 13.8 Å². The molecule has 0 aliphatic heterocycles. The number of halogens is 2. The summed E-state index contributed by atoms with van der Waals surface area (Å²) >= 11 is 1.34. The lowest BCUT2D eigenvalue weighted by molar-refractivity contribution is -0.141. The average Bonchev–Trinajstić information content (AvgIpc) is 3.31. The van der Waals surface area contributed by atoms with E-state index in [2.05, 4.69) is 10.3 Å². The van der Waals surface area contributed by atoms with E-state index >= 15 is 0 Å². The van der Waals surface area contributed by atoms with Crippen LogP contribution in [0, 0.1) is 17.6 Å². The Labute approximate surface area is 205 Å². The van der Waals surface area contributed by atoms with E-state index in [0.29, 0.717) is 33.8 Å². The van der Waals surface area contributed by atoms with Crippen molar-refractivity contribution in [3.05, 3.63) is 100 Å². The van der Waals surface area contributed by atoms with Gasteiger partial charge in [-0.15, -0.1) is 11.3 Å². The van der Waals surface area contributed by atoms with E-state index in [9.17, 15) is 23.5 Å². The van der Waals surface area contributed by atoms with E-state index in [0.717, 1.165) is 11.6 Å². The average molecular weight is 493 g/mol. The molecule has 0 aliphatic carbocycles. The second kappa shape index (κ2) is 11.0. The summed E-state index contributed by atoms with van der Waals surface area (Å²) in [6.07, 6.45) is 0.0427. The molecule has 0 radical (unpaired) electrons. The number of nitrogens with one attached hydrogen (secondary N) is 1. The van der Waals surface area contributed by atoms with Crippen LogP contribution in [0.5, 0.6) is 0 Å². The standard InChI is InChI=1S/C27H22F2N2O3S/c28-20-11-18(12-21(29)14-20)22-8-4-5-9-23(22)24-16-35-25(31-24)15-30-27(34)19(13-26(32)33)10-17-6-2-1-3-7-17/h1-9,11-12,14,16,19H,10,13,15H2,(H,30,34)(H,32,33)/t19-/m1/s1. The van der Waals surface area contributed by atoms with Crippen molar-refractivity contribution in [1.29, 1.82) is 0 Å². The number of thiazole rings is 1. The number of aromatic nitrogens is 1. The lowest BCUT2D eigenvalue weighted by Crippen LogP contribution is -2.33. The molecule has 0 saturated heterocycles. The summed E-state index contributed by atoms with van der Waals surface area (Å²) in [5.41, 5.74) is 3.25. The fourth-order valence-corrected chi connectivity index (χ4v) is 4.59. The highest BCUT2D eigenvalue weighted by Gasteiger charge is 2.22. The van der Waals surface area contributed by atoms with Gasteiger partial charge in [-0.2, -0.15) is 0 Å². The molecule has 0 saturated carbocycles. The zero-order valence-electron chi connectivity index (χ0n) is 18.6. The van der Waals surface area contributed by atoms with Crippen molar-refractivity contribution in [2.24, 2.45) is 5.92 Å². The summed E-state index contributed by atoms with van der Waals surface area (Å²) in [4.78, 5) is 28.6. The topological polar surface area (TPSA) is 79.3 Å². The largest absolute Gasteiger partial charge is 0.481 e. The molecule has 0 fully saturated rings. The van der Waals surface area contributed by atoms with Crippen LogP contribution in [-0.4, -0.2) is 22.0 Å². The first-order valence-electron chi connectivity index (χ1n) is 10.9. The van der Waals surface area contributed by atoms with Crippen molar-refractivity contribution in [2.45, 2.75) is 19.4 Å². The lowest BCUT2D eigenvalue weighted by atomic mass is 9.95. The Morgan fingerprint density at radius 3 is 2.29 bits per heavy atom. The molecule has 1 atom stereocenters. The molecule has 8 heteroatoms. The van der Waals surface area contributed by atoms with Gasteiger partial charge in [-0.3, -0.25) is 9.59 Å². The second-order valence-corrected chi connectivity index (χ2v) is 8.98. The highest BCUT2D eigenvalue weighted by atomic mass is 32.1. The molecular weight excluding hydrogens is 470 g/mol. The van der Waals surface area contributed by atoms with Gasteiger partial charge in [-0.05, 0) is 35.2 Å². The first kappa shape index (κ1) is 24.2. The second-order valence-electron chi connectivity index (χ2n) is 8.03. The molecule has 0 aliphatic rings. The predicted molar refractivity (Wildman–Crippen MR) is 131 cm³/mol. The SMILES string of the molecule is O=C(O)C[C@@H](Cc1ccccc1)C(=O)NCc1nc(-c2ccccc2-c2cc(F)cc(F)c2)cs1. The van der Waals surface area contributed by atoms with Crippen LogP contribution in [0.1, 0.15) is 17.0 Å². The van der Waals surface area contributed by atoms with Crippen LogP contribution in [0.25, 0.3) is 22.4 Å². The number of aliphatic carboxylic acids is 1. The molecule has 0 unspecified atom stereocenters. The van der Waals surface area contributed by atoms with Gasteiger partial charge in [0.1, 0.15) is 16.6 Å². The number of amides is 1. The number of carbonyl (C=O) groups is 2. The zero-order valence-corrected chi connectivity index (χ0v) is 19.4. The third-order valence-corrected chi connectivity index (χ3v) is 6.31. The molecular formula is C27H22F2N2O3S. The maximum atomic E-state index is 13.8. The lowest BCUT2D eigenvalue weighted by Gasteiger charge is -2.14. The van der Waals surface area contributed by atoms with Crippen LogP contribution in [0.4, 0.5) is 8.78 Å². The molecule has 1 heterocycles. The Balaban J connectivity index is 1.49. The van der Waals surface area contributed by atoms with Crippen molar-refractivity contribution >= 4 is 23.2 Å². The van der Waals surface area contributed by atoms with Crippen molar-refractivity contribution in [3.8, 4) is 22.4 Å². The minimum atomic E-state index is -1.04. The minimum absolute atomic E-state index is 0.144. The number of carbonyl (C=O) groups excluding carboxylic acids is 1. The molecule has 1 amide bonds. The number of hydrogen-bond acceptors (Lipinski definition) is 4. The van der Waals surface area contributed by atoms with Crippen LogP contribution in [0.3, 0.4) is 0 Å². The zero-order chi connectivity index (χ0) is 24.8. The molecule has 4 aromatic rings. The van der Waals surface area contributed by atoms with Gasteiger partial charge in [0.2, 0.25) is 5.91 Å². The third kappa shape index (κ3) is 6.36. The monoisotopic (exact) mass is 492 g/mol. The maximum absolute atomic E-state index is 13.8. The highest BCUT2D eigenvalue weighted by Crippen LogP contribution is 2.33. The Morgan fingerprint density at radius 1 is 0.943 bits per heavy atom. The molecule has 3 aromatic carbocycles. The smallest absolute Gasteiger partial charge is 0.304 e. The summed E-state index contributed by atoms with van der Waals surface area (Å²) < 4.78 is 27.6. The van der Waals surface area contributed by atoms with Crippen molar-refractivity contribution in [3.63, 3.8) is 0 Å². The molecule has 0 bridgehead atoms. The van der Waals surface area contributed by atoms with Gasteiger partial charge in [0, 0.05) is 17.0 Å². The van der Waals surface area contributed by atoms with Crippen LogP contribution < -0.4 is 5.32 Å². The van der Waals surface area contributed by atoms with Gasteiger partial charge >= 0.3 is 5.97 Å². The molecule has 5 nitrogen and oxygen atoms in total. The summed E-state index contributed by atoms with van der Waals surface area (Å²) in [6.45, 7) is 0.144. The van der Waals surface area contributed by atoms with Gasteiger partial charge in [0.15, 0.2) is 0 Å². The Bertz CT molecular complexity index is 1320. The number of carboxylic acids is 1. The van der Waals surface area contributed by atoms with Gasteiger partial charge in [0.05, 0.1) is 24.6 Å². The molecule has 178 valence electrons. The van der Waals surface area contributed by atoms with Crippen LogP contribution in [0.15, 0.2) is 78.2 Å². The number of benzene rings is 3. The van der Waals surface area contributed by atoms with E-state index in [-0.39, 0.29) is 18.9 Å². The highest BCUT2D eigenvalue weighted by molar-refractivity contribution is 7.09. The van der Waals surface area contributed by atoms with Crippen LogP contribution >= 0.6 is 11.3 Å². The fourth-order valence-electron chi connectivity index (χ4n) is 3.86. The van der Waals surface area contributed by atoms with Gasteiger partial charge in [0.25, 0.3) is 0 Å². The summed E-state index contributed by atoms with van der Waals surface area (Å²) in [7, 11) is 0. The quantitative estimate of drug-likeness (QED) is 0.314. The summed E-state index contributed by atoms with van der Waals surface area (Å²) in [5.74, 6) is -3.43. The van der Waals surface area contributed by atoms with E-state index in [4.69, 9.17) is 0 Å². The van der Waals surface area contributed by atoms with E-state index in [1.54, 1.807) is 12.1 Å². The van der Waals surface area contributed by atoms with Crippen molar-refractivity contribution < 1.29 is 23.5 Å². The first-order chi connectivity index (χ1) is 16.9. The number of nitrogens with zero attached hydrogens (tertiary/aromatic N) is 1. The normalized spacial score (nSPS) is 11.7. The number of carboxylic acid groups (broad SMARTS) is 1. The maximum Gasteiger partial charge on any atom is 0.304 e. The van der Waals surface area contributed by atoms with Gasteiger partial charge in [-0.1, -0.05) is 54.6 Å². The van der Waals surface area contributed by atoms with Crippen LogP contribution in [0.2, 0.25) is 0 Å². The van der Waals surface area contributed by atoms with E-state index in [1.165, 1.54) is 23.5 Å². The number of rotatable bonds is 9.